The van der Waals surface area contributed by atoms with Crippen molar-refractivity contribution in [2.24, 2.45) is 0 Å². The van der Waals surface area contributed by atoms with Crippen molar-refractivity contribution in [1.82, 2.24) is 14.8 Å². The van der Waals surface area contributed by atoms with Crippen molar-refractivity contribution in [2.45, 2.75) is 24.5 Å². The monoisotopic (exact) mass is 474 g/mol. The maximum atomic E-state index is 12.9. The Morgan fingerprint density at radius 1 is 1.00 bits per heavy atom. The van der Waals surface area contributed by atoms with Crippen LogP contribution in [0.1, 0.15) is 28.8 Å². The summed E-state index contributed by atoms with van der Waals surface area (Å²) in [5, 5.41) is 11.6. The molecule has 1 amide bonds. The number of carbonyl (C=O) groups is 2. The number of anilines is 1. The predicted octanol–water partition coefficient (Wildman–Crippen LogP) is 5.16. The Labute approximate surface area is 200 Å². The van der Waals surface area contributed by atoms with Crippen LogP contribution < -0.4 is 4.90 Å². The highest BCUT2D eigenvalue weighted by Crippen LogP contribution is 2.29. The van der Waals surface area contributed by atoms with Gasteiger partial charge in [-0.05, 0) is 47.7 Å². The first kappa shape index (κ1) is 21.6. The summed E-state index contributed by atoms with van der Waals surface area (Å²) in [6, 6.07) is 21.5. The van der Waals surface area contributed by atoms with Crippen molar-refractivity contribution >= 4 is 40.5 Å². The van der Waals surface area contributed by atoms with E-state index in [0.29, 0.717) is 18.5 Å². The topological polar surface area (TPSA) is 68.1 Å². The van der Waals surface area contributed by atoms with Gasteiger partial charge in [-0.25, -0.2) is 0 Å². The summed E-state index contributed by atoms with van der Waals surface area (Å²) in [4.78, 5) is 27.6. The number of nitrogens with zero attached hydrogens (tertiary/aromatic N) is 4. The zero-order valence-electron chi connectivity index (χ0n) is 17.9. The van der Waals surface area contributed by atoms with Gasteiger partial charge >= 0.3 is 0 Å². The first-order valence-corrected chi connectivity index (χ1v) is 12.6. The standard InChI is InChI=1S/C25H22N4O2S2/c30-21(19-10-12-20(13-11-19)28-14-4-9-23(28)31)17-33-25-27-26-24(22-8-5-15-32-22)29(25)16-18-6-2-1-3-7-18/h1-3,5-8,10-13,15H,4,9,14,16-17H2. The second-order valence-electron chi connectivity index (χ2n) is 7.76. The first-order valence-electron chi connectivity index (χ1n) is 10.8. The van der Waals surface area contributed by atoms with E-state index in [9.17, 15) is 9.59 Å². The minimum absolute atomic E-state index is 0.0197. The highest BCUT2D eigenvalue weighted by Gasteiger charge is 2.22. The van der Waals surface area contributed by atoms with Crippen LogP contribution in [0.25, 0.3) is 10.7 Å². The third-order valence-corrected chi connectivity index (χ3v) is 7.38. The third-order valence-electron chi connectivity index (χ3n) is 5.55. The molecule has 0 unspecified atom stereocenters. The van der Waals surface area contributed by atoms with E-state index in [4.69, 9.17) is 0 Å². The van der Waals surface area contributed by atoms with Gasteiger partial charge in [0.15, 0.2) is 16.8 Å². The molecule has 0 aliphatic carbocycles. The molecule has 1 aliphatic heterocycles. The number of amides is 1. The van der Waals surface area contributed by atoms with Gasteiger partial charge in [0.2, 0.25) is 5.91 Å². The van der Waals surface area contributed by atoms with Crippen LogP contribution >= 0.6 is 23.1 Å². The molecular formula is C25H22N4O2S2. The highest BCUT2D eigenvalue weighted by molar-refractivity contribution is 7.99. The highest BCUT2D eigenvalue weighted by atomic mass is 32.2. The largest absolute Gasteiger partial charge is 0.312 e. The molecule has 1 fully saturated rings. The van der Waals surface area contributed by atoms with Crippen molar-refractivity contribution in [1.29, 1.82) is 0 Å². The van der Waals surface area contributed by atoms with Crippen molar-refractivity contribution < 1.29 is 9.59 Å². The van der Waals surface area contributed by atoms with Crippen molar-refractivity contribution in [3.8, 4) is 10.7 Å². The van der Waals surface area contributed by atoms with E-state index in [0.717, 1.165) is 40.1 Å². The average Bonchev–Trinajstić information content (AvgIpc) is 3.60. The number of Topliss-reactive ketones (excluding diaryl/α,β-unsaturated/α-hetero) is 1. The number of benzene rings is 2. The van der Waals surface area contributed by atoms with Gasteiger partial charge in [-0.1, -0.05) is 48.2 Å². The van der Waals surface area contributed by atoms with Gasteiger partial charge in [0.25, 0.3) is 0 Å². The summed E-state index contributed by atoms with van der Waals surface area (Å²) < 4.78 is 2.07. The lowest BCUT2D eigenvalue weighted by molar-refractivity contribution is -0.117. The Bertz CT molecular complexity index is 1250. The molecule has 5 rings (SSSR count). The molecule has 4 aromatic rings. The smallest absolute Gasteiger partial charge is 0.227 e. The number of thioether (sulfide) groups is 1. The van der Waals surface area contributed by atoms with Crippen LogP contribution in [0.15, 0.2) is 77.3 Å². The molecule has 0 spiro atoms. The minimum atomic E-state index is 0.0197. The molecule has 2 aromatic carbocycles. The van der Waals surface area contributed by atoms with Gasteiger partial charge in [-0.2, -0.15) is 0 Å². The quantitative estimate of drug-likeness (QED) is 0.261. The van der Waals surface area contributed by atoms with Gasteiger partial charge in [-0.15, -0.1) is 21.5 Å². The van der Waals surface area contributed by atoms with Gasteiger partial charge in [0.05, 0.1) is 17.2 Å². The lowest BCUT2D eigenvalue weighted by Gasteiger charge is -2.15. The molecule has 2 aromatic heterocycles. The zero-order chi connectivity index (χ0) is 22.6. The van der Waals surface area contributed by atoms with Crippen molar-refractivity contribution in [3.63, 3.8) is 0 Å². The number of hydrogen-bond donors (Lipinski definition) is 0. The summed E-state index contributed by atoms with van der Waals surface area (Å²) in [5.74, 6) is 1.23. The molecule has 0 radical (unpaired) electrons. The van der Waals surface area contributed by atoms with Crippen LogP contribution in [-0.4, -0.2) is 38.8 Å². The van der Waals surface area contributed by atoms with Crippen LogP contribution in [-0.2, 0) is 11.3 Å². The molecule has 1 saturated heterocycles. The minimum Gasteiger partial charge on any atom is -0.312 e. The predicted molar refractivity (Wildman–Crippen MR) is 132 cm³/mol. The van der Waals surface area contributed by atoms with Crippen LogP contribution in [0.2, 0.25) is 0 Å². The van der Waals surface area contributed by atoms with E-state index >= 15 is 0 Å². The molecule has 0 N–H and O–H groups in total. The molecular weight excluding hydrogens is 452 g/mol. The van der Waals surface area contributed by atoms with Crippen LogP contribution in [0.3, 0.4) is 0 Å². The molecule has 0 saturated carbocycles. The van der Waals surface area contributed by atoms with Crippen LogP contribution in [0.5, 0.6) is 0 Å². The van der Waals surface area contributed by atoms with E-state index in [1.54, 1.807) is 28.4 Å². The number of ketones is 1. The Kier molecular flexibility index (Phi) is 6.37. The second kappa shape index (κ2) is 9.72. The lowest BCUT2D eigenvalue weighted by atomic mass is 10.1. The van der Waals surface area contributed by atoms with E-state index in [1.807, 2.05) is 47.8 Å². The summed E-state index contributed by atoms with van der Waals surface area (Å²) in [6.07, 6.45) is 1.47. The van der Waals surface area contributed by atoms with Gasteiger partial charge < -0.3 is 4.90 Å². The fourth-order valence-corrected chi connectivity index (χ4v) is 5.40. The van der Waals surface area contributed by atoms with Gasteiger partial charge in [0.1, 0.15) is 0 Å². The number of thiophene rings is 1. The first-order chi connectivity index (χ1) is 16.2. The fraction of sp³-hybridized carbons (Fsp3) is 0.200. The summed E-state index contributed by atoms with van der Waals surface area (Å²) in [6.45, 7) is 1.38. The Morgan fingerprint density at radius 3 is 2.52 bits per heavy atom. The average molecular weight is 475 g/mol. The summed E-state index contributed by atoms with van der Waals surface area (Å²) in [7, 11) is 0. The number of aromatic nitrogens is 3. The van der Waals surface area contributed by atoms with E-state index < -0.39 is 0 Å². The normalized spacial score (nSPS) is 13.6. The summed E-state index contributed by atoms with van der Waals surface area (Å²) in [5.41, 5.74) is 2.63. The van der Waals surface area contributed by atoms with Crippen LogP contribution in [0, 0.1) is 0 Å². The SMILES string of the molecule is O=C(CSc1nnc(-c2cccs2)n1Cc1ccccc1)c1ccc(N2CCCC2=O)cc1. The van der Waals surface area contributed by atoms with Gasteiger partial charge in [0, 0.05) is 24.2 Å². The third kappa shape index (κ3) is 4.77. The molecule has 33 heavy (non-hydrogen) atoms. The van der Waals surface area contributed by atoms with Gasteiger partial charge in [-0.3, -0.25) is 14.2 Å². The molecule has 1 aliphatic rings. The number of carbonyl (C=O) groups excluding carboxylic acids is 2. The fourth-order valence-electron chi connectivity index (χ4n) is 3.85. The Balaban J connectivity index is 1.32. The molecule has 0 atom stereocenters. The molecule has 3 heterocycles. The van der Waals surface area contributed by atoms with Crippen LogP contribution in [0.4, 0.5) is 5.69 Å². The number of hydrogen-bond acceptors (Lipinski definition) is 6. The van der Waals surface area contributed by atoms with Crippen molar-refractivity contribution in [2.75, 3.05) is 17.2 Å². The molecule has 0 bridgehead atoms. The lowest BCUT2D eigenvalue weighted by Crippen LogP contribution is -2.23. The van der Waals surface area contributed by atoms with E-state index in [2.05, 4.69) is 26.9 Å². The zero-order valence-corrected chi connectivity index (χ0v) is 19.5. The Morgan fingerprint density at radius 2 is 1.82 bits per heavy atom. The molecule has 6 nitrogen and oxygen atoms in total. The Hall–Kier alpha value is -3.23. The maximum absolute atomic E-state index is 12.9. The molecule has 8 heteroatoms. The van der Waals surface area contributed by atoms with Crippen molar-refractivity contribution in [3.05, 3.63) is 83.2 Å². The van der Waals surface area contributed by atoms with E-state index in [1.165, 1.54) is 11.8 Å². The number of rotatable bonds is 8. The van der Waals surface area contributed by atoms with E-state index in [-0.39, 0.29) is 17.4 Å². The second-order valence-corrected chi connectivity index (χ2v) is 9.65. The summed E-state index contributed by atoms with van der Waals surface area (Å²) >= 11 is 3.02. The maximum Gasteiger partial charge on any atom is 0.227 e. The molecule has 166 valence electrons.